The first-order valence-electron chi connectivity index (χ1n) is 9.59. The fraction of sp³-hybridized carbons (Fsp3) is 0.125. The highest BCUT2D eigenvalue weighted by molar-refractivity contribution is 8.14. The van der Waals surface area contributed by atoms with E-state index in [2.05, 4.69) is 17.4 Å². The minimum Gasteiger partial charge on any atom is -0.326 e. The molecule has 3 amide bonds. The van der Waals surface area contributed by atoms with Crippen molar-refractivity contribution in [2.45, 2.75) is 13.0 Å². The van der Waals surface area contributed by atoms with Crippen LogP contribution in [0, 0.1) is 0 Å². The highest BCUT2D eigenvalue weighted by Gasteiger charge is 2.29. The summed E-state index contributed by atoms with van der Waals surface area (Å²) in [6.45, 7) is 0.257. The minimum atomic E-state index is -0.212. The maximum Gasteiger partial charge on any atom is 0.289 e. The Hall–Kier alpha value is -3.38. The highest BCUT2D eigenvalue weighted by Crippen LogP contribution is 2.22. The molecule has 3 aromatic rings. The van der Waals surface area contributed by atoms with Crippen molar-refractivity contribution in [1.29, 1.82) is 0 Å². The lowest BCUT2D eigenvalue weighted by molar-refractivity contribution is -0.125. The van der Waals surface area contributed by atoms with Gasteiger partial charge in [-0.15, -0.1) is 0 Å². The van der Waals surface area contributed by atoms with Crippen LogP contribution in [0.25, 0.3) is 11.1 Å². The summed E-state index contributed by atoms with van der Waals surface area (Å²) in [6.07, 6.45) is 0.283. The maximum atomic E-state index is 12.4. The van der Waals surface area contributed by atoms with E-state index in [0.29, 0.717) is 5.69 Å². The van der Waals surface area contributed by atoms with Gasteiger partial charge in [-0.3, -0.25) is 19.3 Å². The number of nitrogens with zero attached hydrogens (tertiary/aromatic N) is 1. The van der Waals surface area contributed by atoms with E-state index in [-0.39, 0.29) is 35.8 Å². The summed E-state index contributed by atoms with van der Waals surface area (Å²) in [4.78, 5) is 37.0. The zero-order valence-corrected chi connectivity index (χ0v) is 17.0. The SMILES string of the molecule is O=C(Cc1ccc(-c2ccccc2)cc1)Nc1ccc(CN2C(=O)CSC2=O)cc1. The standard InChI is InChI=1S/C24H20N2O3S/c27-22(14-17-6-10-20(11-7-17)19-4-2-1-3-5-19)25-21-12-8-18(9-13-21)15-26-23(28)16-30-24(26)29/h1-13H,14-16H2,(H,25,27). The third-order valence-corrected chi connectivity index (χ3v) is 5.70. The molecule has 0 radical (unpaired) electrons. The molecule has 1 heterocycles. The van der Waals surface area contributed by atoms with E-state index in [9.17, 15) is 14.4 Å². The van der Waals surface area contributed by atoms with Crippen LogP contribution in [0.4, 0.5) is 10.5 Å². The molecular weight excluding hydrogens is 396 g/mol. The molecule has 0 aliphatic carbocycles. The number of imide groups is 1. The molecule has 6 heteroatoms. The van der Waals surface area contributed by atoms with Crippen LogP contribution >= 0.6 is 11.8 Å². The predicted molar refractivity (Wildman–Crippen MR) is 119 cm³/mol. The second-order valence-corrected chi connectivity index (χ2v) is 7.95. The van der Waals surface area contributed by atoms with Crippen molar-refractivity contribution in [2.24, 2.45) is 0 Å². The highest BCUT2D eigenvalue weighted by atomic mass is 32.2. The molecule has 30 heavy (non-hydrogen) atoms. The summed E-state index contributed by atoms with van der Waals surface area (Å²) >= 11 is 1.03. The third-order valence-electron chi connectivity index (χ3n) is 4.84. The summed E-state index contributed by atoms with van der Waals surface area (Å²) in [5.41, 5.74) is 4.72. The summed E-state index contributed by atoms with van der Waals surface area (Å²) in [5, 5.41) is 2.67. The molecule has 0 aromatic heterocycles. The molecule has 1 fully saturated rings. The van der Waals surface area contributed by atoms with E-state index in [0.717, 1.165) is 34.0 Å². The Morgan fingerprint density at radius 2 is 1.47 bits per heavy atom. The Balaban J connectivity index is 1.33. The topological polar surface area (TPSA) is 66.5 Å². The molecule has 0 saturated carbocycles. The fourth-order valence-electron chi connectivity index (χ4n) is 3.25. The van der Waals surface area contributed by atoms with Crippen molar-refractivity contribution in [3.63, 3.8) is 0 Å². The lowest BCUT2D eigenvalue weighted by Gasteiger charge is -2.13. The Morgan fingerprint density at radius 3 is 2.10 bits per heavy atom. The molecule has 4 rings (SSSR count). The zero-order valence-electron chi connectivity index (χ0n) is 16.2. The number of hydrogen-bond acceptors (Lipinski definition) is 4. The van der Waals surface area contributed by atoms with Gasteiger partial charge >= 0.3 is 0 Å². The molecule has 1 N–H and O–H groups in total. The average molecular weight is 417 g/mol. The van der Waals surface area contributed by atoms with E-state index in [1.54, 1.807) is 12.1 Å². The van der Waals surface area contributed by atoms with Gasteiger partial charge in [0.15, 0.2) is 0 Å². The van der Waals surface area contributed by atoms with Crippen molar-refractivity contribution < 1.29 is 14.4 Å². The van der Waals surface area contributed by atoms with Gasteiger partial charge in [-0.25, -0.2) is 0 Å². The van der Waals surface area contributed by atoms with Crippen LogP contribution in [0.2, 0.25) is 0 Å². The number of carbonyl (C=O) groups excluding carboxylic acids is 3. The lowest BCUT2D eigenvalue weighted by Crippen LogP contribution is -2.27. The van der Waals surface area contributed by atoms with Gasteiger partial charge < -0.3 is 5.32 Å². The van der Waals surface area contributed by atoms with Crippen molar-refractivity contribution in [3.05, 3.63) is 90.0 Å². The Kier molecular flexibility index (Phi) is 5.95. The van der Waals surface area contributed by atoms with E-state index in [4.69, 9.17) is 0 Å². The van der Waals surface area contributed by atoms with Crippen LogP contribution in [-0.4, -0.2) is 27.7 Å². The molecule has 5 nitrogen and oxygen atoms in total. The molecule has 0 spiro atoms. The smallest absolute Gasteiger partial charge is 0.289 e. The molecule has 0 atom stereocenters. The van der Waals surface area contributed by atoms with Crippen molar-refractivity contribution in [2.75, 3.05) is 11.1 Å². The monoisotopic (exact) mass is 416 g/mol. The molecule has 3 aromatic carbocycles. The summed E-state index contributed by atoms with van der Waals surface area (Å²) in [5.74, 6) is -0.0589. The molecule has 1 aliphatic heterocycles. The number of rotatable bonds is 6. The van der Waals surface area contributed by atoms with E-state index >= 15 is 0 Å². The van der Waals surface area contributed by atoms with Crippen LogP contribution in [-0.2, 0) is 22.6 Å². The first-order valence-corrected chi connectivity index (χ1v) is 10.6. The van der Waals surface area contributed by atoms with Gasteiger partial charge in [-0.1, -0.05) is 78.5 Å². The molecule has 1 saturated heterocycles. The van der Waals surface area contributed by atoms with E-state index in [1.165, 1.54) is 4.90 Å². The quantitative estimate of drug-likeness (QED) is 0.631. The molecule has 1 aliphatic rings. The number of hydrogen-bond donors (Lipinski definition) is 1. The lowest BCUT2D eigenvalue weighted by atomic mass is 10.0. The second-order valence-electron chi connectivity index (χ2n) is 7.02. The number of nitrogens with one attached hydrogen (secondary N) is 1. The first kappa shape index (κ1) is 19.9. The van der Waals surface area contributed by atoms with Gasteiger partial charge in [-0.05, 0) is 34.4 Å². The van der Waals surface area contributed by atoms with Gasteiger partial charge in [0.05, 0.1) is 18.7 Å². The molecule has 0 unspecified atom stereocenters. The van der Waals surface area contributed by atoms with Crippen molar-refractivity contribution >= 4 is 34.5 Å². The largest absolute Gasteiger partial charge is 0.326 e. The van der Waals surface area contributed by atoms with Crippen LogP contribution in [0.1, 0.15) is 11.1 Å². The predicted octanol–water partition coefficient (Wildman–Crippen LogP) is 4.73. The van der Waals surface area contributed by atoms with Crippen LogP contribution in [0.3, 0.4) is 0 Å². The number of thioether (sulfide) groups is 1. The summed E-state index contributed by atoms with van der Waals surface area (Å²) < 4.78 is 0. The van der Waals surface area contributed by atoms with Gasteiger partial charge in [0.1, 0.15) is 0 Å². The normalized spacial score (nSPS) is 13.5. The van der Waals surface area contributed by atoms with E-state index < -0.39 is 0 Å². The van der Waals surface area contributed by atoms with Gasteiger partial charge in [0, 0.05) is 5.69 Å². The third kappa shape index (κ3) is 4.78. The Bertz CT molecular complexity index is 1050. The van der Waals surface area contributed by atoms with Crippen molar-refractivity contribution in [3.8, 4) is 11.1 Å². The number of anilines is 1. The Labute approximate surface area is 179 Å². The fourth-order valence-corrected chi connectivity index (χ4v) is 3.97. The number of benzene rings is 3. The van der Waals surface area contributed by atoms with Crippen LogP contribution < -0.4 is 5.32 Å². The maximum absolute atomic E-state index is 12.4. The van der Waals surface area contributed by atoms with Crippen LogP contribution in [0.5, 0.6) is 0 Å². The average Bonchev–Trinajstić information content (AvgIpc) is 3.08. The summed E-state index contributed by atoms with van der Waals surface area (Å²) in [6, 6.07) is 25.3. The number of amides is 3. The van der Waals surface area contributed by atoms with Gasteiger partial charge in [-0.2, -0.15) is 0 Å². The molecular formula is C24H20N2O3S. The Morgan fingerprint density at radius 1 is 0.833 bits per heavy atom. The zero-order chi connectivity index (χ0) is 20.9. The molecule has 0 bridgehead atoms. The summed E-state index contributed by atoms with van der Waals surface area (Å²) in [7, 11) is 0. The molecule has 150 valence electrons. The minimum absolute atomic E-state index is 0.100. The van der Waals surface area contributed by atoms with Gasteiger partial charge in [0.2, 0.25) is 11.8 Å². The second kappa shape index (κ2) is 8.97. The van der Waals surface area contributed by atoms with Crippen molar-refractivity contribution in [1.82, 2.24) is 4.90 Å². The first-order chi connectivity index (χ1) is 14.6. The van der Waals surface area contributed by atoms with E-state index in [1.807, 2.05) is 54.6 Å². The van der Waals surface area contributed by atoms with Gasteiger partial charge in [0.25, 0.3) is 5.24 Å². The number of carbonyl (C=O) groups is 3. The van der Waals surface area contributed by atoms with Crippen LogP contribution in [0.15, 0.2) is 78.9 Å².